The average molecular weight is 295 g/mol. The normalized spacial score (nSPS) is 11.0. The van der Waals surface area contributed by atoms with Crippen LogP contribution in [0.25, 0.3) is 5.65 Å². The number of nitrogens with one attached hydrogen (secondary N) is 1. The molecule has 3 aromatic rings. The van der Waals surface area contributed by atoms with Crippen LogP contribution in [0.15, 0.2) is 42.7 Å². The summed E-state index contributed by atoms with van der Waals surface area (Å²) in [6.45, 7) is 3.58. The highest BCUT2D eigenvalue weighted by Crippen LogP contribution is 2.11. The van der Waals surface area contributed by atoms with Crippen LogP contribution in [0.1, 0.15) is 17.0 Å². The Morgan fingerprint density at radius 1 is 1.14 bits per heavy atom. The van der Waals surface area contributed by atoms with Crippen molar-refractivity contribution in [2.24, 2.45) is 0 Å². The van der Waals surface area contributed by atoms with Crippen molar-refractivity contribution in [1.82, 2.24) is 19.7 Å². The lowest BCUT2D eigenvalue weighted by atomic mass is 10.3. The molecule has 3 aromatic heterocycles. The van der Waals surface area contributed by atoms with Gasteiger partial charge in [0.2, 0.25) is 0 Å². The van der Waals surface area contributed by atoms with E-state index in [-0.39, 0.29) is 0 Å². The van der Waals surface area contributed by atoms with Gasteiger partial charge in [-0.2, -0.15) is 0 Å². The number of fused-ring (bicyclic) bond motifs is 1. The van der Waals surface area contributed by atoms with Crippen molar-refractivity contribution in [3.05, 3.63) is 59.7 Å². The number of aryl methyl sites for hydroxylation is 1. The minimum absolute atomic E-state index is 0.737. The fraction of sp³-hybridized carbons (Fsp3) is 0.294. The Balaban J connectivity index is 1.67. The Labute approximate surface area is 130 Å². The Kier molecular flexibility index (Phi) is 4.06. The van der Waals surface area contributed by atoms with E-state index in [1.807, 2.05) is 43.4 Å². The summed E-state index contributed by atoms with van der Waals surface area (Å²) >= 11 is 0. The van der Waals surface area contributed by atoms with E-state index in [0.29, 0.717) is 0 Å². The molecule has 0 radical (unpaired) electrons. The summed E-state index contributed by atoms with van der Waals surface area (Å²) < 4.78 is 2.13. The molecule has 0 aliphatic carbocycles. The lowest BCUT2D eigenvalue weighted by Crippen LogP contribution is -2.16. The van der Waals surface area contributed by atoms with Gasteiger partial charge in [-0.25, -0.2) is 9.97 Å². The highest BCUT2D eigenvalue weighted by Gasteiger charge is 2.05. The third-order valence-electron chi connectivity index (χ3n) is 3.67. The molecule has 5 nitrogen and oxygen atoms in total. The maximum atomic E-state index is 4.61. The zero-order valence-corrected chi connectivity index (χ0v) is 13.2. The van der Waals surface area contributed by atoms with Gasteiger partial charge >= 0.3 is 0 Å². The lowest BCUT2D eigenvalue weighted by Gasteiger charge is -2.12. The third kappa shape index (κ3) is 2.94. The topological polar surface area (TPSA) is 45.5 Å². The predicted octanol–water partition coefficient (Wildman–Crippen LogP) is 2.39. The molecule has 0 fully saturated rings. The smallest absolute Gasteiger partial charge is 0.139 e. The standard InChI is InChI=1S/C17H21N5/c1-13-6-5-9-22-15(12-19-17(13)22)11-18-10-14-7-4-8-16(20-14)21(2)3/h4-9,12,18H,10-11H2,1-3H3. The van der Waals surface area contributed by atoms with Crippen molar-refractivity contribution in [2.45, 2.75) is 20.0 Å². The second-order valence-electron chi connectivity index (χ2n) is 5.62. The van der Waals surface area contributed by atoms with E-state index in [1.165, 1.54) is 5.56 Å². The van der Waals surface area contributed by atoms with E-state index >= 15 is 0 Å². The first-order chi connectivity index (χ1) is 10.6. The largest absolute Gasteiger partial charge is 0.363 e. The Morgan fingerprint density at radius 3 is 2.82 bits per heavy atom. The van der Waals surface area contributed by atoms with Crippen LogP contribution in [0, 0.1) is 6.92 Å². The second kappa shape index (κ2) is 6.15. The molecule has 0 amide bonds. The van der Waals surface area contributed by atoms with E-state index in [1.54, 1.807) is 0 Å². The van der Waals surface area contributed by atoms with Crippen molar-refractivity contribution in [3.8, 4) is 0 Å². The van der Waals surface area contributed by atoms with Gasteiger partial charge in [0.05, 0.1) is 17.6 Å². The summed E-state index contributed by atoms with van der Waals surface area (Å²) in [6, 6.07) is 10.2. The first-order valence-corrected chi connectivity index (χ1v) is 7.40. The van der Waals surface area contributed by atoms with E-state index < -0.39 is 0 Å². The quantitative estimate of drug-likeness (QED) is 0.785. The van der Waals surface area contributed by atoms with Crippen LogP contribution in [-0.2, 0) is 13.1 Å². The van der Waals surface area contributed by atoms with Crippen LogP contribution in [0.4, 0.5) is 5.82 Å². The zero-order valence-electron chi connectivity index (χ0n) is 13.2. The first-order valence-electron chi connectivity index (χ1n) is 7.40. The fourth-order valence-electron chi connectivity index (χ4n) is 2.47. The van der Waals surface area contributed by atoms with E-state index in [2.05, 4.69) is 44.9 Å². The number of hydrogen-bond donors (Lipinski definition) is 1. The zero-order chi connectivity index (χ0) is 15.5. The van der Waals surface area contributed by atoms with Crippen molar-refractivity contribution in [3.63, 3.8) is 0 Å². The van der Waals surface area contributed by atoms with E-state index in [9.17, 15) is 0 Å². The van der Waals surface area contributed by atoms with Crippen LogP contribution >= 0.6 is 0 Å². The van der Waals surface area contributed by atoms with Crippen LogP contribution in [-0.4, -0.2) is 28.5 Å². The van der Waals surface area contributed by atoms with Gasteiger partial charge in [-0.05, 0) is 30.7 Å². The summed E-state index contributed by atoms with van der Waals surface area (Å²) in [5.74, 6) is 0.977. The number of hydrogen-bond acceptors (Lipinski definition) is 4. The number of rotatable bonds is 5. The van der Waals surface area contributed by atoms with E-state index in [4.69, 9.17) is 0 Å². The molecule has 0 unspecified atom stereocenters. The minimum Gasteiger partial charge on any atom is -0.363 e. The highest BCUT2D eigenvalue weighted by molar-refractivity contribution is 5.48. The molecular weight excluding hydrogens is 274 g/mol. The molecular formula is C17H21N5. The Hall–Kier alpha value is -2.40. The number of nitrogens with zero attached hydrogens (tertiary/aromatic N) is 4. The molecule has 3 heterocycles. The van der Waals surface area contributed by atoms with Gasteiger partial charge in [0.25, 0.3) is 0 Å². The van der Waals surface area contributed by atoms with Crippen LogP contribution < -0.4 is 10.2 Å². The first kappa shape index (κ1) is 14.5. The van der Waals surface area contributed by atoms with Gasteiger partial charge in [-0.3, -0.25) is 0 Å². The lowest BCUT2D eigenvalue weighted by molar-refractivity contribution is 0.663. The Bertz CT molecular complexity index is 776. The molecule has 0 saturated heterocycles. The molecule has 0 aromatic carbocycles. The van der Waals surface area contributed by atoms with Gasteiger partial charge in [0.15, 0.2) is 0 Å². The number of aromatic nitrogens is 3. The molecule has 0 spiro atoms. The number of anilines is 1. The molecule has 22 heavy (non-hydrogen) atoms. The molecule has 0 aliphatic heterocycles. The maximum absolute atomic E-state index is 4.61. The molecule has 0 saturated carbocycles. The number of imidazole rings is 1. The molecule has 0 bridgehead atoms. The molecule has 0 atom stereocenters. The van der Waals surface area contributed by atoms with Crippen LogP contribution in [0.2, 0.25) is 0 Å². The molecule has 114 valence electrons. The Morgan fingerprint density at radius 2 is 2.00 bits per heavy atom. The second-order valence-corrected chi connectivity index (χ2v) is 5.62. The molecule has 3 rings (SSSR count). The molecule has 1 N–H and O–H groups in total. The maximum Gasteiger partial charge on any atom is 0.139 e. The summed E-state index contributed by atoms with van der Waals surface area (Å²) in [6.07, 6.45) is 3.98. The van der Waals surface area contributed by atoms with Gasteiger partial charge in [-0.15, -0.1) is 0 Å². The minimum atomic E-state index is 0.737. The molecule has 5 heteroatoms. The highest BCUT2D eigenvalue weighted by atomic mass is 15.1. The summed E-state index contributed by atoms with van der Waals surface area (Å²) in [5, 5.41) is 3.44. The summed E-state index contributed by atoms with van der Waals surface area (Å²) in [7, 11) is 4.00. The SMILES string of the molecule is Cc1cccn2c(CNCc3cccc(N(C)C)n3)cnc12. The van der Waals surface area contributed by atoms with Crippen LogP contribution in [0.3, 0.4) is 0 Å². The van der Waals surface area contributed by atoms with Gasteiger partial charge < -0.3 is 14.6 Å². The van der Waals surface area contributed by atoms with Crippen molar-refractivity contribution in [2.75, 3.05) is 19.0 Å². The van der Waals surface area contributed by atoms with Gasteiger partial charge in [0.1, 0.15) is 11.5 Å². The van der Waals surface area contributed by atoms with Crippen molar-refractivity contribution in [1.29, 1.82) is 0 Å². The van der Waals surface area contributed by atoms with Gasteiger partial charge in [0, 0.05) is 33.4 Å². The van der Waals surface area contributed by atoms with Crippen molar-refractivity contribution >= 4 is 11.5 Å². The summed E-state index contributed by atoms with van der Waals surface area (Å²) in [4.78, 5) is 11.1. The third-order valence-corrected chi connectivity index (χ3v) is 3.67. The number of pyridine rings is 2. The van der Waals surface area contributed by atoms with Gasteiger partial charge in [-0.1, -0.05) is 12.1 Å². The monoisotopic (exact) mass is 295 g/mol. The average Bonchev–Trinajstić information content (AvgIpc) is 2.92. The fourth-order valence-corrected chi connectivity index (χ4v) is 2.47. The summed E-state index contributed by atoms with van der Waals surface area (Å²) in [5.41, 5.74) is 4.40. The van der Waals surface area contributed by atoms with Crippen molar-refractivity contribution < 1.29 is 0 Å². The molecule has 0 aliphatic rings. The predicted molar refractivity (Wildman–Crippen MR) is 89.0 cm³/mol. The van der Waals surface area contributed by atoms with Crippen LogP contribution in [0.5, 0.6) is 0 Å². The van der Waals surface area contributed by atoms with E-state index in [0.717, 1.165) is 35.9 Å².